The Balaban J connectivity index is 1.98. The molecule has 0 saturated heterocycles. The summed E-state index contributed by atoms with van der Waals surface area (Å²) in [6.45, 7) is 8.25. The van der Waals surface area contributed by atoms with Crippen LogP contribution in [0.4, 0.5) is 0 Å². The van der Waals surface area contributed by atoms with Crippen molar-refractivity contribution >= 4 is 0 Å². The van der Waals surface area contributed by atoms with Crippen molar-refractivity contribution in [1.82, 2.24) is 0 Å². The maximum atomic E-state index is 10.3. The van der Waals surface area contributed by atoms with Crippen molar-refractivity contribution in [1.29, 1.82) is 0 Å². The summed E-state index contributed by atoms with van der Waals surface area (Å²) in [6.07, 6.45) is 2.50. The molecular weight excluding hydrogens is 304 g/mol. The number of benzene rings is 2. The zero-order valence-corrected chi connectivity index (χ0v) is 13.9. The van der Waals surface area contributed by atoms with Crippen LogP contribution >= 0.6 is 0 Å². The minimum atomic E-state index is -0.354. The minimum Gasteiger partial charge on any atom is -0.508 e. The molecule has 24 heavy (non-hydrogen) atoms. The number of aromatic hydroxyl groups is 3. The summed E-state index contributed by atoms with van der Waals surface area (Å²) in [6, 6.07) is 8.24. The first-order chi connectivity index (χ1) is 11.3. The highest BCUT2D eigenvalue weighted by Crippen LogP contribution is 2.42. The predicted molar refractivity (Wildman–Crippen MR) is 93.0 cm³/mol. The number of fused-ring (bicyclic) bond motifs is 1. The van der Waals surface area contributed by atoms with E-state index in [1.807, 2.05) is 19.9 Å². The Kier molecular flexibility index (Phi) is 3.91. The smallest absolute Gasteiger partial charge is 0.126 e. The van der Waals surface area contributed by atoms with Crippen LogP contribution in [0.25, 0.3) is 0 Å². The second kappa shape index (κ2) is 5.78. The highest BCUT2D eigenvalue weighted by atomic mass is 16.5. The molecule has 1 heterocycles. The van der Waals surface area contributed by atoms with E-state index in [0.29, 0.717) is 18.8 Å². The number of allylic oxidation sites excluding steroid dienone is 1. The molecule has 1 aliphatic rings. The third kappa shape index (κ3) is 2.80. The summed E-state index contributed by atoms with van der Waals surface area (Å²) in [5.74, 6) is 0.961. The Hall–Kier alpha value is -2.62. The van der Waals surface area contributed by atoms with Crippen LogP contribution in [0.2, 0.25) is 0 Å². The quantitative estimate of drug-likeness (QED) is 0.746. The predicted octanol–water partition coefficient (Wildman–Crippen LogP) is 3.99. The van der Waals surface area contributed by atoms with E-state index in [0.717, 1.165) is 16.7 Å². The molecule has 0 bridgehead atoms. The van der Waals surface area contributed by atoms with E-state index in [1.54, 1.807) is 24.3 Å². The zero-order valence-electron chi connectivity index (χ0n) is 13.9. The van der Waals surface area contributed by atoms with E-state index >= 15 is 0 Å². The standard InChI is InChI=1S/C20H22O4/c1-4-20(2,3)16-8-12-7-13(11-24-19(12)10-18(16)23)15-6-5-14(21)9-17(15)22/h4-6,8-10,13,21-23H,1,7,11H2,2-3H3/t13-/m0/s1. The Morgan fingerprint density at radius 1 is 1.12 bits per heavy atom. The molecule has 0 fully saturated rings. The molecule has 0 unspecified atom stereocenters. The van der Waals surface area contributed by atoms with Crippen LogP contribution in [0.1, 0.15) is 36.5 Å². The van der Waals surface area contributed by atoms with Gasteiger partial charge in [-0.1, -0.05) is 26.0 Å². The highest BCUT2D eigenvalue weighted by molar-refractivity contribution is 5.52. The molecule has 0 saturated carbocycles. The lowest BCUT2D eigenvalue weighted by atomic mass is 9.81. The summed E-state index contributed by atoms with van der Waals surface area (Å²) in [5.41, 5.74) is 2.18. The van der Waals surface area contributed by atoms with Gasteiger partial charge in [-0.15, -0.1) is 6.58 Å². The lowest BCUT2D eigenvalue weighted by Crippen LogP contribution is -2.21. The zero-order chi connectivity index (χ0) is 17.5. The monoisotopic (exact) mass is 326 g/mol. The fourth-order valence-electron chi connectivity index (χ4n) is 3.13. The molecule has 3 N–H and O–H groups in total. The SMILES string of the molecule is C=CC(C)(C)c1cc2c(cc1O)OC[C@@H](c1ccc(O)cc1O)C2. The van der Waals surface area contributed by atoms with Gasteiger partial charge in [0.25, 0.3) is 0 Å². The second-order valence-corrected chi connectivity index (χ2v) is 6.86. The van der Waals surface area contributed by atoms with Gasteiger partial charge in [-0.3, -0.25) is 0 Å². The van der Waals surface area contributed by atoms with Crippen molar-refractivity contribution in [3.05, 3.63) is 59.7 Å². The van der Waals surface area contributed by atoms with E-state index in [1.165, 1.54) is 6.07 Å². The summed E-state index contributed by atoms with van der Waals surface area (Å²) < 4.78 is 5.80. The van der Waals surface area contributed by atoms with Crippen LogP contribution in [0, 0.1) is 0 Å². The molecular formula is C20H22O4. The second-order valence-electron chi connectivity index (χ2n) is 6.86. The Morgan fingerprint density at radius 2 is 1.88 bits per heavy atom. The highest BCUT2D eigenvalue weighted by Gasteiger charge is 2.28. The third-order valence-corrected chi connectivity index (χ3v) is 4.74. The van der Waals surface area contributed by atoms with Crippen molar-refractivity contribution in [3.63, 3.8) is 0 Å². The lowest BCUT2D eigenvalue weighted by Gasteiger charge is -2.29. The van der Waals surface area contributed by atoms with Crippen molar-refractivity contribution in [2.75, 3.05) is 6.61 Å². The van der Waals surface area contributed by atoms with E-state index in [4.69, 9.17) is 4.74 Å². The number of rotatable bonds is 3. The Bertz CT molecular complexity index is 792. The average molecular weight is 326 g/mol. The van der Waals surface area contributed by atoms with Gasteiger partial charge in [0.05, 0.1) is 6.61 Å². The molecule has 0 radical (unpaired) electrons. The van der Waals surface area contributed by atoms with Crippen LogP contribution in [-0.2, 0) is 11.8 Å². The van der Waals surface area contributed by atoms with Crippen molar-refractivity contribution in [3.8, 4) is 23.0 Å². The minimum absolute atomic E-state index is 0.0117. The Labute approximate surface area is 141 Å². The van der Waals surface area contributed by atoms with E-state index in [9.17, 15) is 15.3 Å². The number of ether oxygens (including phenoxy) is 1. The fourth-order valence-corrected chi connectivity index (χ4v) is 3.13. The molecule has 4 nitrogen and oxygen atoms in total. The molecule has 2 aromatic carbocycles. The third-order valence-electron chi connectivity index (χ3n) is 4.74. The van der Waals surface area contributed by atoms with Gasteiger partial charge in [0.1, 0.15) is 23.0 Å². The van der Waals surface area contributed by atoms with Crippen LogP contribution in [0.3, 0.4) is 0 Å². The van der Waals surface area contributed by atoms with Crippen LogP contribution in [0.5, 0.6) is 23.0 Å². The first kappa shape index (κ1) is 16.2. The molecule has 0 spiro atoms. The number of phenols is 3. The first-order valence-electron chi connectivity index (χ1n) is 7.96. The molecule has 0 amide bonds. The van der Waals surface area contributed by atoms with Gasteiger partial charge in [0.15, 0.2) is 0 Å². The normalized spacial score (nSPS) is 17.0. The van der Waals surface area contributed by atoms with Gasteiger partial charge in [0.2, 0.25) is 0 Å². The molecule has 0 aliphatic carbocycles. The van der Waals surface area contributed by atoms with E-state index in [2.05, 4.69) is 6.58 Å². The van der Waals surface area contributed by atoms with Gasteiger partial charge in [0, 0.05) is 34.6 Å². The molecule has 3 rings (SSSR count). The van der Waals surface area contributed by atoms with Crippen molar-refractivity contribution < 1.29 is 20.1 Å². The number of phenolic OH excluding ortho intramolecular Hbond substituents is 3. The summed E-state index contributed by atoms with van der Waals surface area (Å²) in [4.78, 5) is 0. The molecule has 0 aromatic heterocycles. The molecule has 2 aromatic rings. The lowest BCUT2D eigenvalue weighted by molar-refractivity contribution is 0.258. The van der Waals surface area contributed by atoms with Gasteiger partial charge in [-0.25, -0.2) is 0 Å². The van der Waals surface area contributed by atoms with Gasteiger partial charge in [-0.2, -0.15) is 0 Å². The van der Waals surface area contributed by atoms with Gasteiger partial charge in [-0.05, 0) is 24.1 Å². The molecule has 1 aliphatic heterocycles. The summed E-state index contributed by atoms with van der Waals surface area (Å²) >= 11 is 0. The maximum absolute atomic E-state index is 10.3. The van der Waals surface area contributed by atoms with Gasteiger partial charge < -0.3 is 20.1 Å². The van der Waals surface area contributed by atoms with Crippen molar-refractivity contribution in [2.45, 2.75) is 31.6 Å². The van der Waals surface area contributed by atoms with Crippen LogP contribution in [0.15, 0.2) is 43.0 Å². The van der Waals surface area contributed by atoms with E-state index < -0.39 is 0 Å². The number of hydrogen-bond donors (Lipinski definition) is 3. The summed E-state index contributed by atoms with van der Waals surface area (Å²) in [5, 5.41) is 29.8. The van der Waals surface area contributed by atoms with E-state index in [-0.39, 0.29) is 28.6 Å². The van der Waals surface area contributed by atoms with Crippen molar-refractivity contribution in [2.24, 2.45) is 0 Å². The molecule has 4 heteroatoms. The summed E-state index contributed by atoms with van der Waals surface area (Å²) in [7, 11) is 0. The maximum Gasteiger partial charge on any atom is 0.126 e. The fraction of sp³-hybridized carbons (Fsp3) is 0.300. The topological polar surface area (TPSA) is 69.9 Å². The van der Waals surface area contributed by atoms with Crippen LogP contribution < -0.4 is 4.74 Å². The first-order valence-corrected chi connectivity index (χ1v) is 7.96. The molecule has 126 valence electrons. The van der Waals surface area contributed by atoms with Gasteiger partial charge >= 0.3 is 0 Å². The Morgan fingerprint density at radius 3 is 2.54 bits per heavy atom. The largest absolute Gasteiger partial charge is 0.508 e. The van der Waals surface area contributed by atoms with Crippen LogP contribution in [-0.4, -0.2) is 21.9 Å². The average Bonchev–Trinajstić information content (AvgIpc) is 2.54. The molecule has 1 atom stereocenters. The number of hydrogen-bond acceptors (Lipinski definition) is 4.